The minimum Gasteiger partial charge on any atom is -0.463 e. The van der Waals surface area contributed by atoms with Gasteiger partial charge in [0.05, 0.1) is 7.66 Å². The smallest absolute Gasteiger partial charge is 0.330 e. The van der Waals surface area contributed by atoms with Crippen LogP contribution in [0.1, 0.15) is 64.2 Å². The largest absolute Gasteiger partial charge is 0.463 e. The van der Waals surface area contributed by atoms with Gasteiger partial charge in [-0.1, -0.05) is 103 Å². The summed E-state index contributed by atoms with van der Waals surface area (Å²) in [5.74, 6) is -0.304. The minimum atomic E-state index is -0.304. The molecular formula is C15H28I2O2Si. The van der Waals surface area contributed by atoms with E-state index < -0.39 is 0 Å². The van der Waals surface area contributed by atoms with Crippen molar-refractivity contribution >= 4 is 61.4 Å². The molecule has 0 fully saturated rings. The van der Waals surface area contributed by atoms with Gasteiger partial charge in [-0.25, -0.2) is 4.79 Å². The Bertz CT molecular complexity index is 265. The van der Waals surface area contributed by atoms with Crippen molar-refractivity contribution in [2.75, 3.05) is 6.61 Å². The molecule has 0 aliphatic carbocycles. The average molecular weight is 522 g/mol. The molecule has 0 saturated heterocycles. The molecule has 0 aliphatic heterocycles. The summed E-state index contributed by atoms with van der Waals surface area (Å²) >= 11 is 5.17. The van der Waals surface area contributed by atoms with Crippen molar-refractivity contribution in [3.8, 4) is 0 Å². The van der Waals surface area contributed by atoms with Crippen LogP contribution in [0.5, 0.6) is 0 Å². The van der Waals surface area contributed by atoms with Gasteiger partial charge >= 0.3 is 5.97 Å². The van der Waals surface area contributed by atoms with Crippen molar-refractivity contribution < 1.29 is 9.53 Å². The lowest BCUT2D eigenvalue weighted by molar-refractivity contribution is -0.137. The van der Waals surface area contributed by atoms with Crippen LogP contribution in [0.2, 0.25) is 0 Å². The number of unbranched alkanes of at least 4 members (excludes halogenated alkanes) is 8. The van der Waals surface area contributed by atoms with Crippen LogP contribution in [0.3, 0.4) is 0 Å². The summed E-state index contributed by atoms with van der Waals surface area (Å²) in [6.07, 6.45) is 14.2. The lowest BCUT2D eigenvalue weighted by atomic mass is 10.1. The van der Waals surface area contributed by atoms with Gasteiger partial charge in [0.2, 0.25) is 0 Å². The molecule has 0 heterocycles. The Balaban J connectivity index is 3.10. The van der Waals surface area contributed by atoms with Crippen molar-refractivity contribution in [3.63, 3.8) is 0 Å². The average Bonchev–Trinajstić information content (AvgIpc) is 2.38. The molecule has 0 unspecified atom stereocenters. The molecule has 118 valence electrons. The maximum absolute atomic E-state index is 10.8. The van der Waals surface area contributed by atoms with E-state index in [1.54, 1.807) is 0 Å². The zero-order valence-corrected chi connectivity index (χ0v) is 19.0. The summed E-state index contributed by atoms with van der Waals surface area (Å²) in [4.78, 5) is 10.8. The van der Waals surface area contributed by atoms with Gasteiger partial charge in [0.15, 0.2) is 0 Å². The third-order valence-corrected chi connectivity index (χ3v) is 4.75. The second-order valence-electron chi connectivity index (χ2n) is 5.37. The van der Waals surface area contributed by atoms with Crippen molar-refractivity contribution in [1.29, 1.82) is 0 Å². The van der Waals surface area contributed by atoms with Crippen molar-refractivity contribution in [1.82, 2.24) is 0 Å². The SMILES string of the molecule is C=CC(=O)OCCCCCCCCCCCC([SiH3])(I)I. The Morgan fingerprint density at radius 3 is 1.90 bits per heavy atom. The monoisotopic (exact) mass is 522 g/mol. The molecule has 0 aromatic carbocycles. The Hall–Kier alpha value is 0.887. The van der Waals surface area contributed by atoms with Crippen molar-refractivity contribution in [2.24, 2.45) is 0 Å². The first-order valence-electron chi connectivity index (χ1n) is 7.63. The topological polar surface area (TPSA) is 26.3 Å². The van der Waals surface area contributed by atoms with E-state index in [4.69, 9.17) is 4.74 Å². The number of rotatable bonds is 13. The van der Waals surface area contributed by atoms with Crippen LogP contribution in [0.15, 0.2) is 12.7 Å². The zero-order chi connectivity index (χ0) is 15.3. The van der Waals surface area contributed by atoms with Gasteiger partial charge in [-0.05, 0) is 12.8 Å². The van der Waals surface area contributed by atoms with E-state index in [1.807, 2.05) is 0 Å². The van der Waals surface area contributed by atoms with Gasteiger partial charge < -0.3 is 4.74 Å². The van der Waals surface area contributed by atoms with Crippen LogP contribution < -0.4 is 0 Å². The molecule has 0 aromatic rings. The normalized spacial score (nSPS) is 11.5. The number of esters is 1. The quantitative estimate of drug-likeness (QED) is 0.0890. The predicted molar refractivity (Wildman–Crippen MR) is 108 cm³/mol. The highest BCUT2D eigenvalue weighted by atomic mass is 127. The lowest BCUT2D eigenvalue weighted by Gasteiger charge is -2.13. The molecule has 0 rings (SSSR count). The van der Waals surface area contributed by atoms with Gasteiger partial charge in [0, 0.05) is 16.3 Å². The first kappa shape index (κ1) is 20.9. The standard InChI is InChI=1S/C15H28I2O2Si/c1-2-14(18)19-13-11-9-7-5-3-4-6-8-10-12-15(16,17)20/h2H,1,3-13H2,20H3. The van der Waals surface area contributed by atoms with Crippen LogP contribution in [-0.4, -0.2) is 23.9 Å². The van der Waals surface area contributed by atoms with E-state index in [1.165, 1.54) is 67.7 Å². The van der Waals surface area contributed by atoms with Crippen molar-refractivity contribution in [3.05, 3.63) is 12.7 Å². The molecule has 20 heavy (non-hydrogen) atoms. The first-order chi connectivity index (χ1) is 9.45. The molecule has 0 saturated carbocycles. The highest BCUT2D eigenvalue weighted by Gasteiger charge is 2.12. The highest BCUT2D eigenvalue weighted by Crippen LogP contribution is 2.29. The molecule has 0 amide bonds. The molecule has 2 nitrogen and oxygen atoms in total. The number of ether oxygens (including phenoxy) is 1. The molecule has 0 atom stereocenters. The zero-order valence-electron chi connectivity index (χ0n) is 12.6. The Labute approximate surface area is 154 Å². The summed E-state index contributed by atoms with van der Waals surface area (Å²) < 4.78 is 5.51. The third kappa shape index (κ3) is 16.9. The number of hydrogen-bond donors (Lipinski definition) is 0. The predicted octanol–water partition coefficient (Wildman–Crippen LogP) is 4.51. The van der Waals surface area contributed by atoms with Gasteiger partial charge in [-0.3, -0.25) is 0 Å². The van der Waals surface area contributed by atoms with Gasteiger partial charge in [0.25, 0.3) is 0 Å². The number of carbonyl (C=O) groups is 1. The molecule has 0 bridgehead atoms. The maximum atomic E-state index is 10.8. The van der Waals surface area contributed by atoms with E-state index in [9.17, 15) is 4.79 Å². The van der Waals surface area contributed by atoms with E-state index in [-0.39, 0.29) is 5.97 Å². The van der Waals surface area contributed by atoms with E-state index in [0.29, 0.717) is 7.66 Å². The Morgan fingerprint density at radius 1 is 1.00 bits per heavy atom. The molecule has 0 aliphatic rings. The summed E-state index contributed by atoms with van der Waals surface area (Å²) in [5, 5.41) is 0. The highest BCUT2D eigenvalue weighted by molar-refractivity contribution is 14.2. The molecule has 0 aromatic heterocycles. The minimum absolute atomic E-state index is 0.304. The fourth-order valence-electron chi connectivity index (χ4n) is 2.01. The van der Waals surface area contributed by atoms with Crippen LogP contribution in [0.4, 0.5) is 0 Å². The summed E-state index contributed by atoms with van der Waals surface area (Å²) in [7, 11) is 1.28. The van der Waals surface area contributed by atoms with E-state index in [2.05, 4.69) is 51.8 Å². The number of hydrogen-bond acceptors (Lipinski definition) is 2. The molecule has 0 spiro atoms. The molecule has 0 radical (unpaired) electrons. The van der Waals surface area contributed by atoms with Crippen molar-refractivity contribution in [2.45, 2.75) is 65.3 Å². The Morgan fingerprint density at radius 2 is 1.45 bits per heavy atom. The fraction of sp³-hybridized carbons (Fsp3) is 0.800. The second-order valence-corrected chi connectivity index (χ2v) is 18.0. The van der Waals surface area contributed by atoms with Crippen LogP contribution in [-0.2, 0) is 9.53 Å². The molecule has 0 N–H and O–H groups in total. The fourth-order valence-corrected chi connectivity index (χ4v) is 3.12. The molecule has 5 heteroatoms. The molecular weight excluding hydrogens is 494 g/mol. The summed E-state index contributed by atoms with van der Waals surface area (Å²) in [6.45, 7) is 3.91. The number of alkyl halides is 2. The number of halogens is 2. The summed E-state index contributed by atoms with van der Waals surface area (Å²) in [5.41, 5.74) is 0. The van der Waals surface area contributed by atoms with E-state index >= 15 is 0 Å². The first-order valence-corrected chi connectivity index (χ1v) is 10.8. The van der Waals surface area contributed by atoms with Gasteiger partial charge in [0.1, 0.15) is 0 Å². The van der Waals surface area contributed by atoms with Crippen LogP contribution >= 0.6 is 45.2 Å². The van der Waals surface area contributed by atoms with Gasteiger partial charge in [-0.15, -0.1) is 0 Å². The lowest BCUT2D eigenvalue weighted by Crippen LogP contribution is -2.08. The van der Waals surface area contributed by atoms with Crippen LogP contribution in [0, 0.1) is 0 Å². The maximum Gasteiger partial charge on any atom is 0.330 e. The summed E-state index contributed by atoms with van der Waals surface area (Å²) in [6, 6.07) is 0. The third-order valence-electron chi connectivity index (χ3n) is 3.17. The number of carbonyl (C=O) groups excluding carboxylic acids is 1. The Kier molecular flexibility index (Phi) is 14.1. The van der Waals surface area contributed by atoms with Crippen LogP contribution in [0.25, 0.3) is 0 Å². The van der Waals surface area contributed by atoms with E-state index in [0.717, 1.165) is 12.8 Å². The van der Waals surface area contributed by atoms with Gasteiger partial charge in [-0.2, -0.15) is 0 Å². The second kappa shape index (κ2) is 13.5.